The fourth-order valence-electron chi connectivity index (χ4n) is 3.15. The summed E-state index contributed by atoms with van der Waals surface area (Å²) in [4.78, 5) is 39.1. The van der Waals surface area contributed by atoms with Crippen LogP contribution in [0.15, 0.2) is 35.9 Å². The second kappa shape index (κ2) is 8.86. The van der Waals surface area contributed by atoms with E-state index in [0.717, 1.165) is 19.6 Å². The normalized spacial score (nSPS) is 15.4. The fraction of sp³-hybridized carbons (Fsp3) is 0.227. The van der Waals surface area contributed by atoms with Gasteiger partial charge in [-0.3, -0.25) is 14.9 Å². The van der Waals surface area contributed by atoms with Gasteiger partial charge in [0.2, 0.25) is 0 Å². The lowest BCUT2D eigenvalue weighted by Crippen LogP contribution is -2.54. The standard InChI is InChI=1S/C22H21IN2O5/c1-5-30-18-11-14(10-16(23)19(18)29-4)9-15-20(26)24-22(28)25(21(15)27)17-8-6-7-12(2)13(17)3/h6-11H,5H2,1-4H3,(H,24,26,28)/b15-9+. The number of barbiturate groups is 1. The number of amides is 4. The van der Waals surface area contributed by atoms with E-state index in [4.69, 9.17) is 9.47 Å². The average molecular weight is 520 g/mol. The van der Waals surface area contributed by atoms with Crippen molar-refractivity contribution in [2.45, 2.75) is 20.8 Å². The van der Waals surface area contributed by atoms with Crippen LogP contribution < -0.4 is 19.7 Å². The van der Waals surface area contributed by atoms with Crippen molar-refractivity contribution in [1.82, 2.24) is 5.32 Å². The zero-order valence-electron chi connectivity index (χ0n) is 17.0. The number of imide groups is 2. The Morgan fingerprint density at radius 3 is 2.57 bits per heavy atom. The van der Waals surface area contributed by atoms with Crippen LogP contribution in [0.4, 0.5) is 10.5 Å². The van der Waals surface area contributed by atoms with E-state index in [9.17, 15) is 14.4 Å². The number of ether oxygens (including phenoxy) is 2. The molecule has 2 aromatic rings. The van der Waals surface area contributed by atoms with E-state index in [1.807, 2.05) is 26.8 Å². The molecule has 0 unspecified atom stereocenters. The summed E-state index contributed by atoms with van der Waals surface area (Å²) >= 11 is 2.10. The number of halogens is 1. The van der Waals surface area contributed by atoms with Gasteiger partial charge >= 0.3 is 6.03 Å². The van der Waals surface area contributed by atoms with Gasteiger partial charge in [-0.25, -0.2) is 9.69 Å². The third kappa shape index (κ3) is 4.04. The van der Waals surface area contributed by atoms with Crippen LogP contribution in [-0.2, 0) is 9.59 Å². The van der Waals surface area contributed by atoms with E-state index in [0.29, 0.717) is 29.4 Å². The maximum absolute atomic E-state index is 13.2. The smallest absolute Gasteiger partial charge is 0.335 e. The molecule has 1 N–H and O–H groups in total. The molecule has 1 saturated heterocycles. The lowest BCUT2D eigenvalue weighted by molar-refractivity contribution is -0.122. The minimum Gasteiger partial charge on any atom is -0.492 e. The zero-order valence-corrected chi connectivity index (χ0v) is 19.2. The van der Waals surface area contributed by atoms with Crippen LogP contribution in [-0.4, -0.2) is 31.6 Å². The summed E-state index contributed by atoms with van der Waals surface area (Å²) in [5, 5.41) is 2.25. The summed E-state index contributed by atoms with van der Waals surface area (Å²) in [6.45, 7) is 6.00. The van der Waals surface area contributed by atoms with Crippen molar-refractivity contribution in [3.63, 3.8) is 0 Å². The maximum Gasteiger partial charge on any atom is 0.335 e. The minimum atomic E-state index is -0.768. The first kappa shape index (κ1) is 21.8. The van der Waals surface area contributed by atoms with E-state index >= 15 is 0 Å². The van der Waals surface area contributed by atoms with Crippen molar-refractivity contribution in [3.8, 4) is 11.5 Å². The number of anilines is 1. The van der Waals surface area contributed by atoms with Gasteiger partial charge < -0.3 is 9.47 Å². The number of methoxy groups -OCH3 is 1. The molecule has 4 amide bonds. The van der Waals surface area contributed by atoms with Crippen molar-refractivity contribution in [2.75, 3.05) is 18.6 Å². The molecule has 7 nitrogen and oxygen atoms in total. The third-order valence-electron chi connectivity index (χ3n) is 4.77. The molecule has 1 aliphatic heterocycles. The molecule has 0 spiro atoms. The number of rotatable bonds is 5. The topological polar surface area (TPSA) is 84.9 Å². The number of aryl methyl sites for hydroxylation is 1. The molecule has 2 aromatic carbocycles. The summed E-state index contributed by atoms with van der Waals surface area (Å²) in [7, 11) is 1.55. The summed E-state index contributed by atoms with van der Waals surface area (Å²) in [6, 6.07) is 8.02. The monoisotopic (exact) mass is 520 g/mol. The Morgan fingerprint density at radius 1 is 1.17 bits per heavy atom. The van der Waals surface area contributed by atoms with Gasteiger partial charge in [-0.05, 0) is 84.3 Å². The number of carbonyl (C=O) groups is 3. The Balaban J connectivity index is 2.08. The number of hydrogen-bond donors (Lipinski definition) is 1. The fourth-order valence-corrected chi connectivity index (χ4v) is 4.00. The summed E-state index contributed by atoms with van der Waals surface area (Å²) in [5.74, 6) is -0.340. The van der Waals surface area contributed by atoms with Crippen LogP contribution in [0.3, 0.4) is 0 Å². The molecule has 30 heavy (non-hydrogen) atoms. The summed E-state index contributed by atoms with van der Waals surface area (Å²) < 4.78 is 11.8. The van der Waals surface area contributed by atoms with Crippen molar-refractivity contribution < 1.29 is 23.9 Å². The SMILES string of the molecule is CCOc1cc(/C=C2\C(=O)NC(=O)N(c3cccc(C)c3C)C2=O)cc(I)c1OC. The first-order valence-corrected chi connectivity index (χ1v) is 10.3. The van der Waals surface area contributed by atoms with Crippen LogP contribution in [0.5, 0.6) is 11.5 Å². The highest BCUT2D eigenvalue weighted by Crippen LogP contribution is 2.35. The second-order valence-corrected chi connectivity index (χ2v) is 7.81. The van der Waals surface area contributed by atoms with Crippen molar-refractivity contribution in [2.24, 2.45) is 0 Å². The Bertz CT molecular complexity index is 1080. The number of nitrogens with one attached hydrogen (secondary N) is 1. The van der Waals surface area contributed by atoms with Crippen molar-refractivity contribution >= 4 is 52.2 Å². The van der Waals surface area contributed by atoms with Gasteiger partial charge in [0.25, 0.3) is 11.8 Å². The van der Waals surface area contributed by atoms with Crippen LogP contribution in [0.2, 0.25) is 0 Å². The zero-order chi connectivity index (χ0) is 22.0. The molecule has 0 aromatic heterocycles. The molecule has 0 aliphatic carbocycles. The molecule has 1 fully saturated rings. The Hall–Kier alpha value is -2.88. The maximum atomic E-state index is 13.2. The van der Waals surface area contributed by atoms with Gasteiger partial charge in [0.15, 0.2) is 11.5 Å². The molecule has 8 heteroatoms. The lowest BCUT2D eigenvalue weighted by Gasteiger charge is -2.28. The number of nitrogens with zero attached hydrogens (tertiary/aromatic N) is 1. The van der Waals surface area contributed by atoms with Gasteiger partial charge in [0.1, 0.15) is 5.57 Å². The first-order chi connectivity index (χ1) is 14.3. The molecule has 0 radical (unpaired) electrons. The Morgan fingerprint density at radius 2 is 1.90 bits per heavy atom. The summed E-state index contributed by atoms with van der Waals surface area (Å²) in [5.41, 5.74) is 2.60. The van der Waals surface area contributed by atoms with Gasteiger partial charge in [0.05, 0.1) is 23.0 Å². The van der Waals surface area contributed by atoms with Crippen molar-refractivity contribution in [1.29, 1.82) is 0 Å². The molecule has 1 heterocycles. The number of benzene rings is 2. The molecule has 1 aliphatic rings. The minimum absolute atomic E-state index is 0.140. The highest BCUT2D eigenvalue weighted by Gasteiger charge is 2.37. The van der Waals surface area contributed by atoms with E-state index < -0.39 is 17.8 Å². The van der Waals surface area contributed by atoms with Crippen LogP contribution in [0, 0.1) is 17.4 Å². The van der Waals surface area contributed by atoms with Gasteiger partial charge in [-0.2, -0.15) is 0 Å². The third-order valence-corrected chi connectivity index (χ3v) is 5.57. The van der Waals surface area contributed by atoms with Gasteiger partial charge in [-0.1, -0.05) is 12.1 Å². The molecular formula is C22H21IN2O5. The van der Waals surface area contributed by atoms with Gasteiger partial charge in [0, 0.05) is 0 Å². The van der Waals surface area contributed by atoms with Crippen molar-refractivity contribution in [3.05, 3.63) is 56.2 Å². The predicted molar refractivity (Wildman–Crippen MR) is 122 cm³/mol. The predicted octanol–water partition coefficient (Wildman–Crippen LogP) is 3.98. The Labute approximate surface area is 188 Å². The van der Waals surface area contributed by atoms with Crippen LogP contribution in [0.25, 0.3) is 6.08 Å². The number of hydrogen-bond acceptors (Lipinski definition) is 5. The van der Waals surface area contributed by atoms with E-state index in [2.05, 4.69) is 27.9 Å². The quantitative estimate of drug-likeness (QED) is 0.367. The van der Waals surface area contributed by atoms with Gasteiger partial charge in [-0.15, -0.1) is 0 Å². The number of carbonyl (C=O) groups excluding carboxylic acids is 3. The Kier molecular flexibility index (Phi) is 6.45. The van der Waals surface area contributed by atoms with E-state index in [1.54, 1.807) is 31.4 Å². The van der Waals surface area contributed by atoms with E-state index in [-0.39, 0.29) is 5.57 Å². The van der Waals surface area contributed by atoms with Crippen LogP contribution >= 0.6 is 22.6 Å². The highest BCUT2D eigenvalue weighted by molar-refractivity contribution is 14.1. The highest BCUT2D eigenvalue weighted by atomic mass is 127. The molecule has 156 valence electrons. The molecule has 0 bridgehead atoms. The second-order valence-electron chi connectivity index (χ2n) is 6.64. The molecule has 0 atom stereocenters. The summed E-state index contributed by atoms with van der Waals surface area (Å²) in [6.07, 6.45) is 1.45. The largest absolute Gasteiger partial charge is 0.492 e. The first-order valence-electron chi connectivity index (χ1n) is 9.26. The van der Waals surface area contributed by atoms with E-state index in [1.165, 1.54) is 6.08 Å². The molecule has 3 rings (SSSR count). The number of urea groups is 1. The molecular weight excluding hydrogens is 499 g/mol. The average Bonchev–Trinajstić information content (AvgIpc) is 2.68. The molecule has 0 saturated carbocycles. The van der Waals surface area contributed by atoms with Crippen LogP contribution in [0.1, 0.15) is 23.6 Å². The lowest BCUT2D eigenvalue weighted by atomic mass is 10.0.